The number of benzene rings is 1. The quantitative estimate of drug-likeness (QED) is 0.790. The predicted octanol–water partition coefficient (Wildman–Crippen LogP) is 4.01. The van der Waals surface area contributed by atoms with Crippen molar-refractivity contribution in [1.82, 2.24) is 15.0 Å². The molecule has 0 aliphatic heterocycles. The molecule has 4 nitrogen and oxygen atoms in total. The van der Waals surface area contributed by atoms with Crippen molar-refractivity contribution in [2.75, 3.05) is 11.9 Å². The topological polar surface area (TPSA) is 50.7 Å². The van der Waals surface area contributed by atoms with Crippen LogP contribution in [0.15, 0.2) is 41.8 Å². The van der Waals surface area contributed by atoms with Crippen LogP contribution in [0.2, 0.25) is 0 Å². The zero-order valence-electron chi connectivity index (χ0n) is 12.0. The summed E-state index contributed by atoms with van der Waals surface area (Å²) in [5, 5.41) is 6.27. The third-order valence-corrected chi connectivity index (χ3v) is 3.78. The van der Waals surface area contributed by atoms with Gasteiger partial charge in [0.25, 0.3) is 0 Å². The van der Waals surface area contributed by atoms with Gasteiger partial charge in [0.1, 0.15) is 11.5 Å². The second kappa shape index (κ2) is 6.01. The number of aromatic nitrogens is 3. The second-order valence-electron chi connectivity index (χ2n) is 4.61. The highest BCUT2D eigenvalue weighted by Crippen LogP contribution is 2.25. The number of rotatable bonds is 4. The Morgan fingerprint density at radius 3 is 2.52 bits per heavy atom. The van der Waals surface area contributed by atoms with E-state index in [1.54, 1.807) is 11.3 Å². The lowest BCUT2D eigenvalue weighted by Gasteiger charge is -2.08. The molecule has 0 aliphatic rings. The van der Waals surface area contributed by atoms with Crippen LogP contribution < -0.4 is 5.32 Å². The van der Waals surface area contributed by atoms with E-state index in [0.717, 1.165) is 34.3 Å². The summed E-state index contributed by atoms with van der Waals surface area (Å²) in [5.41, 5.74) is 2.81. The molecule has 2 heterocycles. The normalized spacial score (nSPS) is 10.6. The maximum absolute atomic E-state index is 4.66. The van der Waals surface area contributed by atoms with Crippen LogP contribution in [-0.4, -0.2) is 21.5 Å². The molecule has 5 heteroatoms. The second-order valence-corrected chi connectivity index (χ2v) is 5.67. The number of thiazole rings is 1. The highest BCUT2D eigenvalue weighted by atomic mass is 32.1. The van der Waals surface area contributed by atoms with Gasteiger partial charge in [0.15, 0.2) is 5.82 Å². The molecular formula is C16H16N4S. The van der Waals surface area contributed by atoms with E-state index in [-0.39, 0.29) is 0 Å². The minimum atomic E-state index is 0.664. The van der Waals surface area contributed by atoms with Crippen LogP contribution in [0.25, 0.3) is 22.8 Å². The van der Waals surface area contributed by atoms with Crippen molar-refractivity contribution < 1.29 is 0 Å². The molecule has 0 atom stereocenters. The van der Waals surface area contributed by atoms with Gasteiger partial charge in [-0.05, 0) is 13.8 Å². The van der Waals surface area contributed by atoms with E-state index in [4.69, 9.17) is 0 Å². The van der Waals surface area contributed by atoms with E-state index >= 15 is 0 Å². The molecule has 0 saturated heterocycles. The van der Waals surface area contributed by atoms with Crippen molar-refractivity contribution in [2.24, 2.45) is 0 Å². The first kappa shape index (κ1) is 13.7. The van der Waals surface area contributed by atoms with Gasteiger partial charge in [-0.3, -0.25) is 0 Å². The Morgan fingerprint density at radius 1 is 1.05 bits per heavy atom. The average molecular weight is 296 g/mol. The van der Waals surface area contributed by atoms with Crippen LogP contribution in [0.3, 0.4) is 0 Å². The summed E-state index contributed by atoms with van der Waals surface area (Å²) in [6.07, 6.45) is 0. The smallest absolute Gasteiger partial charge is 0.181 e. The molecule has 0 bridgehead atoms. The summed E-state index contributed by atoms with van der Waals surface area (Å²) in [6.45, 7) is 4.86. The number of aryl methyl sites for hydroxylation is 1. The van der Waals surface area contributed by atoms with Gasteiger partial charge in [-0.15, -0.1) is 11.3 Å². The molecule has 0 radical (unpaired) electrons. The van der Waals surface area contributed by atoms with Crippen molar-refractivity contribution >= 4 is 17.2 Å². The van der Waals surface area contributed by atoms with Crippen LogP contribution in [0.1, 0.15) is 11.9 Å². The lowest BCUT2D eigenvalue weighted by atomic mass is 10.1. The van der Waals surface area contributed by atoms with Gasteiger partial charge in [0, 0.05) is 23.6 Å². The van der Waals surface area contributed by atoms with Crippen LogP contribution in [0.5, 0.6) is 0 Å². The number of hydrogen-bond donors (Lipinski definition) is 1. The van der Waals surface area contributed by atoms with Crippen molar-refractivity contribution in [1.29, 1.82) is 0 Å². The molecule has 0 fully saturated rings. The van der Waals surface area contributed by atoms with E-state index in [1.807, 2.05) is 48.7 Å². The Bertz CT molecular complexity index is 737. The zero-order chi connectivity index (χ0) is 14.7. The van der Waals surface area contributed by atoms with E-state index in [2.05, 4.69) is 27.2 Å². The Labute approximate surface area is 127 Å². The van der Waals surface area contributed by atoms with Gasteiger partial charge in [-0.2, -0.15) is 0 Å². The van der Waals surface area contributed by atoms with Crippen molar-refractivity contribution in [3.63, 3.8) is 0 Å². The molecule has 0 unspecified atom stereocenters. The third-order valence-electron chi connectivity index (χ3n) is 3.00. The minimum Gasteiger partial charge on any atom is -0.370 e. The molecule has 0 saturated carbocycles. The van der Waals surface area contributed by atoms with Gasteiger partial charge in [-0.25, -0.2) is 15.0 Å². The standard InChI is InChI=1S/C16H16N4S/c1-3-17-15-9-13(12-7-5-4-6-8-12)19-16(20-15)14-10-21-11(2)18-14/h4-10H,3H2,1-2H3,(H,17,19,20). The summed E-state index contributed by atoms with van der Waals surface area (Å²) in [5.74, 6) is 1.49. The summed E-state index contributed by atoms with van der Waals surface area (Å²) in [7, 11) is 0. The van der Waals surface area contributed by atoms with Crippen LogP contribution in [0, 0.1) is 6.92 Å². The fourth-order valence-corrected chi connectivity index (χ4v) is 2.65. The molecule has 3 rings (SSSR count). The van der Waals surface area contributed by atoms with Crippen LogP contribution in [-0.2, 0) is 0 Å². The Kier molecular flexibility index (Phi) is 3.92. The van der Waals surface area contributed by atoms with E-state index < -0.39 is 0 Å². The summed E-state index contributed by atoms with van der Waals surface area (Å²) in [6, 6.07) is 12.1. The highest BCUT2D eigenvalue weighted by molar-refractivity contribution is 7.09. The van der Waals surface area contributed by atoms with Crippen LogP contribution >= 0.6 is 11.3 Å². The minimum absolute atomic E-state index is 0.664. The molecule has 2 aromatic heterocycles. The molecule has 21 heavy (non-hydrogen) atoms. The third kappa shape index (κ3) is 3.08. The highest BCUT2D eigenvalue weighted by Gasteiger charge is 2.10. The molecule has 3 aromatic rings. The largest absolute Gasteiger partial charge is 0.370 e. The SMILES string of the molecule is CCNc1cc(-c2ccccc2)nc(-c2csc(C)n2)n1. The van der Waals surface area contributed by atoms with Gasteiger partial charge >= 0.3 is 0 Å². The Morgan fingerprint density at radius 2 is 1.86 bits per heavy atom. The summed E-state index contributed by atoms with van der Waals surface area (Å²) >= 11 is 1.61. The molecule has 0 amide bonds. The first-order chi connectivity index (χ1) is 10.3. The average Bonchev–Trinajstić information content (AvgIpc) is 2.95. The Hall–Kier alpha value is -2.27. The van der Waals surface area contributed by atoms with Crippen molar-refractivity contribution in [3.8, 4) is 22.8 Å². The van der Waals surface area contributed by atoms with Crippen LogP contribution in [0.4, 0.5) is 5.82 Å². The molecular weight excluding hydrogens is 280 g/mol. The fraction of sp³-hybridized carbons (Fsp3) is 0.188. The number of anilines is 1. The molecule has 0 aliphatic carbocycles. The first-order valence-electron chi connectivity index (χ1n) is 6.87. The van der Waals surface area contributed by atoms with Crippen molar-refractivity contribution in [3.05, 3.63) is 46.8 Å². The zero-order valence-corrected chi connectivity index (χ0v) is 12.8. The van der Waals surface area contributed by atoms with Gasteiger partial charge in [0.2, 0.25) is 0 Å². The molecule has 0 spiro atoms. The summed E-state index contributed by atoms with van der Waals surface area (Å²) in [4.78, 5) is 13.7. The van der Waals surface area contributed by atoms with Crippen molar-refractivity contribution in [2.45, 2.75) is 13.8 Å². The lowest BCUT2D eigenvalue weighted by molar-refractivity contribution is 1.10. The molecule has 1 aromatic carbocycles. The lowest BCUT2D eigenvalue weighted by Crippen LogP contribution is -2.02. The first-order valence-corrected chi connectivity index (χ1v) is 7.75. The number of nitrogens with one attached hydrogen (secondary N) is 1. The monoisotopic (exact) mass is 296 g/mol. The molecule has 106 valence electrons. The van der Waals surface area contributed by atoms with Gasteiger partial charge < -0.3 is 5.32 Å². The number of nitrogens with zero attached hydrogens (tertiary/aromatic N) is 3. The summed E-state index contributed by atoms with van der Waals surface area (Å²) < 4.78 is 0. The maximum Gasteiger partial charge on any atom is 0.181 e. The predicted molar refractivity (Wildman–Crippen MR) is 87.5 cm³/mol. The van der Waals surface area contributed by atoms with E-state index in [0.29, 0.717) is 5.82 Å². The molecule has 1 N–H and O–H groups in total. The Balaban J connectivity index is 2.10. The number of hydrogen-bond acceptors (Lipinski definition) is 5. The van der Waals surface area contributed by atoms with Gasteiger partial charge in [-0.1, -0.05) is 30.3 Å². The maximum atomic E-state index is 4.66. The van der Waals surface area contributed by atoms with E-state index in [9.17, 15) is 0 Å². The van der Waals surface area contributed by atoms with E-state index in [1.165, 1.54) is 0 Å². The fourth-order valence-electron chi connectivity index (χ4n) is 2.06. The van der Waals surface area contributed by atoms with Gasteiger partial charge in [0.05, 0.1) is 10.7 Å².